The van der Waals surface area contributed by atoms with Gasteiger partial charge in [-0.3, -0.25) is 0 Å². The van der Waals surface area contributed by atoms with Gasteiger partial charge in [-0.25, -0.2) is 14.3 Å². The topological polar surface area (TPSA) is 47.8 Å². The molecule has 0 aliphatic heterocycles. The molecule has 0 fully saturated rings. The minimum atomic E-state index is -0.351. The van der Waals surface area contributed by atoms with Crippen LogP contribution in [0.4, 0.5) is 0 Å². The molecule has 0 aliphatic carbocycles. The summed E-state index contributed by atoms with van der Waals surface area (Å²) in [7, 11) is 0. The van der Waals surface area contributed by atoms with E-state index in [9.17, 15) is 4.79 Å². The number of para-hydroxylation sites is 1. The van der Waals surface area contributed by atoms with E-state index in [-0.39, 0.29) is 11.6 Å². The lowest BCUT2D eigenvalue weighted by molar-refractivity contribution is 0.815. The SMILES string of the molecule is CCc1nc(=O)n(-c2ccccc2Cl)c2nc(C(C)C)ccc12. The molecule has 0 unspecified atom stereocenters. The molecule has 0 saturated carbocycles. The second kappa shape index (κ2) is 6.13. The predicted octanol–water partition coefficient (Wildman–Crippen LogP) is 4.12. The fourth-order valence-electron chi connectivity index (χ4n) is 2.62. The maximum absolute atomic E-state index is 12.6. The average molecular weight is 328 g/mol. The first-order valence-electron chi connectivity index (χ1n) is 7.70. The Hall–Kier alpha value is -2.20. The fraction of sp³-hybridized carbons (Fsp3) is 0.278. The zero-order valence-corrected chi connectivity index (χ0v) is 14.1. The molecule has 0 saturated heterocycles. The van der Waals surface area contributed by atoms with Crippen molar-refractivity contribution < 1.29 is 0 Å². The molecule has 3 rings (SSSR count). The molecule has 0 amide bonds. The summed E-state index contributed by atoms with van der Waals surface area (Å²) in [4.78, 5) is 21.5. The third-order valence-corrected chi connectivity index (χ3v) is 4.18. The highest BCUT2D eigenvalue weighted by Crippen LogP contribution is 2.24. The molecule has 5 heteroatoms. The second-order valence-electron chi connectivity index (χ2n) is 5.74. The van der Waals surface area contributed by atoms with Crippen LogP contribution in [-0.4, -0.2) is 14.5 Å². The Kier molecular flexibility index (Phi) is 4.18. The van der Waals surface area contributed by atoms with Gasteiger partial charge in [0.25, 0.3) is 0 Å². The molecule has 0 bridgehead atoms. The maximum Gasteiger partial charge on any atom is 0.354 e. The Balaban J connectivity index is 2.45. The van der Waals surface area contributed by atoms with Crippen molar-refractivity contribution in [2.75, 3.05) is 0 Å². The molecule has 0 aliphatic rings. The van der Waals surface area contributed by atoms with Gasteiger partial charge in [0.1, 0.15) is 0 Å². The highest BCUT2D eigenvalue weighted by molar-refractivity contribution is 6.32. The van der Waals surface area contributed by atoms with Crippen LogP contribution in [0.2, 0.25) is 5.02 Å². The molecule has 4 nitrogen and oxygen atoms in total. The molecular weight excluding hydrogens is 310 g/mol. The summed E-state index contributed by atoms with van der Waals surface area (Å²) in [6.07, 6.45) is 0.678. The molecule has 0 spiro atoms. The van der Waals surface area contributed by atoms with Gasteiger partial charge in [-0.2, -0.15) is 4.98 Å². The van der Waals surface area contributed by atoms with Crippen LogP contribution < -0.4 is 5.69 Å². The Labute approximate surface area is 139 Å². The van der Waals surface area contributed by atoms with Gasteiger partial charge in [0.2, 0.25) is 0 Å². The molecule has 2 aromatic heterocycles. The van der Waals surface area contributed by atoms with Gasteiger partial charge < -0.3 is 0 Å². The van der Waals surface area contributed by atoms with E-state index in [0.29, 0.717) is 22.8 Å². The summed E-state index contributed by atoms with van der Waals surface area (Å²) in [6, 6.07) is 11.2. The molecule has 23 heavy (non-hydrogen) atoms. The number of rotatable bonds is 3. The van der Waals surface area contributed by atoms with Gasteiger partial charge in [0.05, 0.1) is 16.4 Å². The average Bonchev–Trinajstić information content (AvgIpc) is 2.54. The van der Waals surface area contributed by atoms with Gasteiger partial charge in [-0.1, -0.05) is 44.5 Å². The number of fused-ring (bicyclic) bond motifs is 1. The van der Waals surface area contributed by atoms with E-state index < -0.39 is 0 Å². The molecule has 3 aromatic rings. The minimum Gasteiger partial charge on any atom is -0.245 e. The largest absolute Gasteiger partial charge is 0.354 e. The zero-order chi connectivity index (χ0) is 16.6. The van der Waals surface area contributed by atoms with Gasteiger partial charge >= 0.3 is 5.69 Å². The smallest absolute Gasteiger partial charge is 0.245 e. The van der Waals surface area contributed by atoms with Crippen LogP contribution in [-0.2, 0) is 6.42 Å². The van der Waals surface area contributed by atoms with Crippen LogP contribution in [0.25, 0.3) is 16.7 Å². The standard InChI is InChI=1S/C18H18ClN3O/c1-4-14-12-9-10-15(11(2)3)20-17(12)22(18(23)21-14)16-8-6-5-7-13(16)19/h5-11H,4H2,1-3H3. The first kappa shape index (κ1) is 15.7. The van der Waals surface area contributed by atoms with Crippen molar-refractivity contribution in [1.29, 1.82) is 0 Å². The van der Waals surface area contributed by atoms with E-state index in [4.69, 9.17) is 16.6 Å². The normalized spacial score (nSPS) is 11.3. The maximum atomic E-state index is 12.6. The highest BCUT2D eigenvalue weighted by Gasteiger charge is 2.15. The third-order valence-electron chi connectivity index (χ3n) is 3.86. The molecule has 0 atom stereocenters. The van der Waals surface area contributed by atoms with Crippen molar-refractivity contribution in [3.05, 3.63) is 63.3 Å². The predicted molar refractivity (Wildman–Crippen MR) is 93.6 cm³/mol. The Morgan fingerprint density at radius 1 is 1.13 bits per heavy atom. The lowest BCUT2D eigenvalue weighted by atomic mass is 10.1. The van der Waals surface area contributed by atoms with E-state index in [1.54, 1.807) is 12.1 Å². The molecule has 0 N–H and O–H groups in total. The zero-order valence-electron chi connectivity index (χ0n) is 13.4. The number of aryl methyl sites for hydroxylation is 1. The van der Waals surface area contributed by atoms with Crippen molar-refractivity contribution in [2.45, 2.75) is 33.1 Å². The summed E-state index contributed by atoms with van der Waals surface area (Å²) in [5, 5.41) is 1.38. The summed E-state index contributed by atoms with van der Waals surface area (Å²) >= 11 is 6.29. The molecule has 118 valence electrons. The molecular formula is C18H18ClN3O. The Bertz CT molecular complexity index is 931. The number of nitrogens with zero attached hydrogens (tertiary/aromatic N) is 3. The van der Waals surface area contributed by atoms with Crippen LogP contribution in [0.1, 0.15) is 38.1 Å². The van der Waals surface area contributed by atoms with E-state index >= 15 is 0 Å². The van der Waals surface area contributed by atoms with Crippen LogP contribution in [0.15, 0.2) is 41.2 Å². The molecule has 1 aromatic carbocycles. The summed E-state index contributed by atoms with van der Waals surface area (Å²) < 4.78 is 1.50. The van der Waals surface area contributed by atoms with Crippen LogP contribution in [0.3, 0.4) is 0 Å². The van der Waals surface area contributed by atoms with Crippen LogP contribution >= 0.6 is 11.6 Å². The number of hydrogen-bond acceptors (Lipinski definition) is 3. The minimum absolute atomic E-state index is 0.271. The lowest BCUT2D eigenvalue weighted by Gasteiger charge is -2.14. The number of benzene rings is 1. The third kappa shape index (κ3) is 2.75. The molecule has 2 heterocycles. The monoisotopic (exact) mass is 327 g/mol. The van der Waals surface area contributed by atoms with Crippen molar-refractivity contribution in [3.63, 3.8) is 0 Å². The van der Waals surface area contributed by atoms with Gasteiger partial charge in [0, 0.05) is 11.1 Å². The second-order valence-corrected chi connectivity index (χ2v) is 6.15. The van der Waals surface area contributed by atoms with Crippen molar-refractivity contribution in [3.8, 4) is 5.69 Å². The van der Waals surface area contributed by atoms with Crippen LogP contribution in [0.5, 0.6) is 0 Å². The van der Waals surface area contributed by atoms with E-state index in [0.717, 1.165) is 16.8 Å². The number of pyridine rings is 1. The number of hydrogen-bond donors (Lipinski definition) is 0. The van der Waals surface area contributed by atoms with Crippen LogP contribution in [0, 0.1) is 0 Å². The molecule has 0 radical (unpaired) electrons. The van der Waals surface area contributed by atoms with Crippen molar-refractivity contribution in [1.82, 2.24) is 14.5 Å². The Morgan fingerprint density at radius 2 is 1.87 bits per heavy atom. The van der Waals surface area contributed by atoms with Crippen molar-refractivity contribution in [2.24, 2.45) is 0 Å². The van der Waals surface area contributed by atoms with Crippen molar-refractivity contribution >= 4 is 22.6 Å². The fourth-order valence-corrected chi connectivity index (χ4v) is 2.84. The van der Waals surface area contributed by atoms with E-state index in [1.165, 1.54) is 4.57 Å². The summed E-state index contributed by atoms with van der Waals surface area (Å²) in [5.41, 5.74) is 2.56. The lowest BCUT2D eigenvalue weighted by Crippen LogP contribution is -2.24. The first-order chi connectivity index (χ1) is 11.0. The highest BCUT2D eigenvalue weighted by atomic mass is 35.5. The number of aromatic nitrogens is 3. The summed E-state index contributed by atoms with van der Waals surface area (Å²) in [6.45, 7) is 6.14. The Morgan fingerprint density at radius 3 is 2.52 bits per heavy atom. The van der Waals surface area contributed by atoms with E-state index in [1.807, 2.05) is 31.2 Å². The quantitative estimate of drug-likeness (QED) is 0.727. The van der Waals surface area contributed by atoms with E-state index in [2.05, 4.69) is 18.8 Å². The van der Waals surface area contributed by atoms with Gasteiger partial charge in [0.15, 0.2) is 5.65 Å². The first-order valence-corrected chi connectivity index (χ1v) is 8.08. The van der Waals surface area contributed by atoms with Gasteiger partial charge in [-0.15, -0.1) is 0 Å². The summed E-state index contributed by atoms with van der Waals surface area (Å²) in [5.74, 6) is 0.271. The number of halogens is 1. The van der Waals surface area contributed by atoms with Gasteiger partial charge in [-0.05, 0) is 36.6 Å².